The summed E-state index contributed by atoms with van der Waals surface area (Å²) in [4.78, 5) is 2.40. The molecule has 0 atom stereocenters. The molecule has 0 saturated heterocycles. The van der Waals surface area contributed by atoms with Crippen LogP contribution in [0.25, 0.3) is 55.7 Å². The van der Waals surface area contributed by atoms with Gasteiger partial charge in [0, 0.05) is 44.4 Å². The number of benzene rings is 7. The molecule has 2 aliphatic rings. The maximum absolute atomic E-state index is 6.43. The van der Waals surface area contributed by atoms with E-state index in [2.05, 4.69) is 190 Å². The van der Waals surface area contributed by atoms with Crippen molar-refractivity contribution in [2.24, 2.45) is 0 Å². The number of anilines is 3. The molecule has 0 amide bonds. The van der Waals surface area contributed by atoms with Gasteiger partial charge >= 0.3 is 0 Å². The second kappa shape index (κ2) is 11.2. The molecule has 0 radical (unpaired) electrons. The zero-order valence-corrected chi connectivity index (χ0v) is 29.9. The number of furan rings is 1. The highest BCUT2D eigenvalue weighted by Gasteiger charge is 2.40. The maximum Gasteiger partial charge on any atom is 0.139 e. The number of rotatable bonds is 5. The summed E-state index contributed by atoms with van der Waals surface area (Å²) in [5.41, 5.74) is 18.2. The largest absolute Gasteiger partial charge is 0.456 e. The molecule has 0 aliphatic heterocycles. The molecule has 2 aliphatic carbocycles. The van der Waals surface area contributed by atoms with Crippen LogP contribution in [0.3, 0.4) is 0 Å². The van der Waals surface area contributed by atoms with E-state index in [0.29, 0.717) is 0 Å². The van der Waals surface area contributed by atoms with E-state index < -0.39 is 0 Å². The lowest BCUT2D eigenvalue weighted by Gasteiger charge is -2.28. The Morgan fingerprint density at radius 1 is 0.404 bits per heavy atom. The van der Waals surface area contributed by atoms with Gasteiger partial charge in [0.1, 0.15) is 11.3 Å². The van der Waals surface area contributed by atoms with E-state index in [1.165, 1.54) is 66.6 Å². The monoisotopic (exact) mass is 669 g/mol. The van der Waals surface area contributed by atoms with Crippen LogP contribution in [0.15, 0.2) is 168 Å². The molecule has 0 spiro atoms. The van der Waals surface area contributed by atoms with Gasteiger partial charge in [-0.25, -0.2) is 0 Å². The number of hydrogen-bond donors (Lipinski definition) is 0. The van der Waals surface area contributed by atoms with Crippen molar-refractivity contribution >= 4 is 28.0 Å². The predicted molar refractivity (Wildman–Crippen MR) is 217 cm³/mol. The molecule has 0 fully saturated rings. The second-order valence-corrected chi connectivity index (χ2v) is 15.4. The standard InChI is InChI=1S/C50H39NO/c1-49(2)43-16-10-8-14-39(43)40-29-27-38(31-45(40)49)51(36-23-18-33(19-24-36)32-12-6-5-7-13-32)37-25-20-34(21-26-37)35-22-28-41-44(30-35)50(3,4)47-42-15-9-11-17-46(42)52-48(41)47/h5-31H,1-4H3. The van der Waals surface area contributed by atoms with Crippen molar-refractivity contribution in [3.8, 4) is 44.7 Å². The minimum Gasteiger partial charge on any atom is -0.456 e. The van der Waals surface area contributed by atoms with Crippen molar-refractivity contribution in [1.29, 1.82) is 0 Å². The van der Waals surface area contributed by atoms with Gasteiger partial charge < -0.3 is 9.32 Å². The van der Waals surface area contributed by atoms with Gasteiger partial charge in [0.15, 0.2) is 0 Å². The molecular formula is C50H39NO. The second-order valence-electron chi connectivity index (χ2n) is 15.4. The van der Waals surface area contributed by atoms with Crippen LogP contribution in [0.5, 0.6) is 0 Å². The predicted octanol–water partition coefficient (Wildman–Crippen LogP) is 13.8. The van der Waals surface area contributed by atoms with Gasteiger partial charge in [-0.3, -0.25) is 0 Å². The highest BCUT2D eigenvalue weighted by molar-refractivity contribution is 5.95. The Morgan fingerprint density at radius 3 is 1.69 bits per heavy atom. The molecule has 52 heavy (non-hydrogen) atoms. The number of fused-ring (bicyclic) bond motifs is 8. The Hall–Kier alpha value is -6.12. The first-order valence-electron chi connectivity index (χ1n) is 18.3. The third-order valence-electron chi connectivity index (χ3n) is 11.7. The van der Waals surface area contributed by atoms with E-state index in [1.807, 2.05) is 6.07 Å². The molecule has 1 heterocycles. The van der Waals surface area contributed by atoms with Gasteiger partial charge in [-0.15, -0.1) is 0 Å². The lowest BCUT2D eigenvalue weighted by Crippen LogP contribution is -2.16. The number of hydrogen-bond acceptors (Lipinski definition) is 2. The average Bonchev–Trinajstić information content (AvgIpc) is 3.76. The van der Waals surface area contributed by atoms with E-state index in [9.17, 15) is 0 Å². The van der Waals surface area contributed by atoms with Gasteiger partial charge in [0.25, 0.3) is 0 Å². The highest BCUT2D eigenvalue weighted by Crippen LogP contribution is 2.54. The molecule has 0 unspecified atom stereocenters. The molecule has 0 N–H and O–H groups in total. The Morgan fingerprint density at radius 2 is 0.942 bits per heavy atom. The Kier molecular flexibility index (Phi) is 6.60. The summed E-state index contributed by atoms with van der Waals surface area (Å²) in [5.74, 6) is 1.01. The van der Waals surface area contributed by atoms with Crippen molar-refractivity contribution in [2.45, 2.75) is 38.5 Å². The van der Waals surface area contributed by atoms with Crippen LogP contribution in [-0.2, 0) is 10.8 Å². The highest BCUT2D eigenvalue weighted by atomic mass is 16.3. The zero-order valence-electron chi connectivity index (χ0n) is 29.9. The van der Waals surface area contributed by atoms with E-state index in [4.69, 9.17) is 4.42 Å². The smallest absolute Gasteiger partial charge is 0.139 e. The van der Waals surface area contributed by atoms with E-state index in [-0.39, 0.29) is 10.8 Å². The molecule has 2 heteroatoms. The molecule has 0 bridgehead atoms. The average molecular weight is 670 g/mol. The van der Waals surface area contributed by atoms with Gasteiger partial charge in [-0.05, 0) is 98.6 Å². The minimum atomic E-state index is -0.156. The summed E-state index contributed by atoms with van der Waals surface area (Å²) in [6.45, 7) is 9.35. The summed E-state index contributed by atoms with van der Waals surface area (Å²) < 4.78 is 6.43. The SMILES string of the molecule is CC1(C)c2ccccc2-c2ccc(N(c3ccc(-c4ccccc4)cc3)c3ccc(-c4ccc5c(c4)C(C)(C)c4c-5oc5ccccc45)cc3)cc21. The third-order valence-corrected chi connectivity index (χ3v) is 11.7. The lowest BCUT2D eigenvalue weighted by atomic mass is 9.80. The normalized spacial score (nSPS) is 14.5. The fourth-order valence-electron chi connectivity index (χ4n) is 8.94. The third kappa shape index (κ3) is 4.50. The molecule has 7 aromatic carbocycles. The molecule has 1 aromatic heterocycles. The summed E-state index contributed by atoms with van der Waals surface area (Å²) in [7, 11) is 0. The van der Waals surface area contributed by atoms with Crippen LogP contribution in [-0.4, -0.2) is 0 Å². The lowest BCUT2D eigenvalue weighted by molar-refractivity contribution is 0.619. The molecular weight excluding hydrogens is 631 g/mol. The van der Waals surface area contributed by atoms with Crippen LogP contribution in [0, 0.1) is 0 Å². The fraction of sp³-hybridized carbons (Fsp3) is 0.120. The Labute approximate surface area is 305 Å². The summed E-state index contributed by atoms with van der Waals surface area (Å²) >= 11 is 0. The fourth-order valence-corrected chi connectivity index (χ4v) is 8.94. The molecule has 10 rings (SSSR count). The van der Waals surface area contributed by atoms with Gasteiger partial charge in [0.2, 0.25) is 0 Å². The van der Waals surface area contributed by atoms with Crippen LogP contribution >= 0.6 is 0 Å². The quantitative estimate of drug-likeness (QED) is 0.181. The van der Waals surface area contributed by atoms with Gasteiger partial charge in [0.05, 0.1) is 0 Å². The summed E-state index contributed by atoms with van der Waals surface area (Å²) in [6.07, 6.45) is 0. The topological polar surface area (TPSA) is 16.4 Å². The maximum atomic E-state index is 6.43. The van der Waals surface area contributed by atoms with E-state index >= 15 is 0 Å². The first-order valence-corrected chi connectivity index (χ1v) is 18.3. The Balaban J connectivity index is 1.05. The summed E-state index contributed by atoms with van der Waals surface area (Å²) in [6, 6.07) is 59.8. The first kappa shape index (κ1) is 30.7. The van der Waals surface area contributed by atoms with Crippen LogP contribution in [0.4, 0.5) is 17.1 Å². The van der Waals surface area contributed by atoms with E-state index in [0.717, 1.165) is 28.4 Å². The van der Waals surface area contributed by atoms with Gasteiger partial charge in [-0.1, -0.05) is 143 Å². The van der Waals surface area contributed by atoms with Crippen molar-refractivity contribution in [3.63, 3.8) is 0 Å². The zero-order chi connectivity index (χ0) is 35.2. The minimum absolute atomic E-state index is 0.0852. The van der Waals surface area contributed by atoms with Crippen molar-refractivity contribution in [2.75, 3.05) is 4.90 Å². The number of para-hydroxylation sites is 1. The van der Waals surface area contributed by atoms with Crippen LogP contribution in [0.2, 0.25) is 0 Å². The van der Waals surface area contributed by atoms with Crippen LogP contribution < -0.4 is 4.90 Å². The Bertz CT molecular complexity index is 2660. The van der Waals surface area contributed by atoms with Crippen LogP contribution in [0.1, 0.15) is 49.9 Å². The molecule has 250 valence electrons. The molecule has 8 aromatic rings. The first-order chi connectivity index (χ1) is 25.3. The molecule has 2 nitrogen and oxygen atoms in total. The van der Waals surface area contributed by atoms with E-state index in [1.54, 1.807) is 0 Å². The van der Waals surface area contributed by atoms with Gasteiger partial charge in [-0.2, -0.15) is 0 Å². The number of nitrogens with zero attached hydrogens (tertiary/aromatic N) is 1. The summed E-state index contributed by atoms with van der Waals surface area (Å²) in [5, 5.41) is 1.21. The van der Waals surface area contributed by atoms with Crippen molar-refractivity contribution in [1.82, 2.24) is 0 Å². The van der Waals surface area contributed by atoms with Crippen molar-refractivity contribution < 1.29 is 4.42 Å². The van der Waals surface area contributed by atoms with Crippen molar-refractivity contribution in [3.05, 3.63) is 186 Å². The molecule has 0 saturated carbocycles.